The lowest BCUT2D eigenvalue weighted by Crippen LogP contribution is -2.25. The average molecular weight is 390 g/mol. The molecule has 1 heterocycles. The predicted molar refractivity (Wildman–Crippen MR) is 98.9 cm³/mol. The molecule has 9 heteroatoms. The first-order valence-corrected chi connectivity index (χ1v) is 9.76. The number of hydrogen-bond donors (Lipinski definition) is 2. The van der Waals surface area contributed by atoms with Gasteiger partial charge in [0, 0.05) is 6.42 Å². The quantitative estimate of drug-likeness (QED) is 0.779. The third-order valence-corrected chi connectivity index (χ3v) is 5.64. The van der Waals surface area contributed by atoms with E-state index in [2.05, 4.69) is 10.6 Å². The van der Waals surface area contributed by atoms with E-state index in [1.165, 1.54) is 25.3 Å². The smallest absolute Gasteiger partial charge is 0.262 e. The van der Waals surface area contributed by atoms with Crippen molar-refractivity contribution in [2.45, 2.75) is 11.3 Å². The SMILES string of the molecule is COc1ccccc1NC(=O)CCS(=O)(=O)c1ccc2c(c1)NC(=O)CO2. The summed E-state index contributed by atoms with van der Waals surface area (Å²) in [5.74, 6) is -0.283. The summed E-state index contributed by atoms with van der Waals surface area (Å²) in [6.45, 7) is -0.109. The number of carbonyl (C=O) groups excluding carboxylic acids is 2. The van der Waals surface area contributed by atoms with Gasteiger partial charge in [0.15, 0.2) is 16.4 Å². The molecule has 142 valence electrons. The van der Waals surface area contributed by atoms with E-state index in [1.54, 1.807) is 24.3 Å². The molecule has 0 bridgehead atoms. The Hall–Kier alpha value is -3.07. The third-order valence-electron chi connectivity index (χ3n) is 3.92. The van der Waals surface area contributed by atoms with Crippen molar-refractivity contribution in [1.82, 2.24) is 0 Å². The molecule has 0 saturated heterocycles. The van der Waals surface area contributed by atoms with Crippen molar-refractivity contribution in [2.75, 3.05) is 30.1 Å². The summed E-state index contributed by atoms with van der Waals surface area (Å²) in [6.07, 6.45) is -0.222. The molecular formula is C18H18N2O6S. The molecule has 3 rings (SSSR count). The minimum atomic E-state index is -3.71. The van der Waals surface area contributed by atoms with E-state index in [0.29, 0.717) is 22.9 Å². The molecule has 2 N–H and O–H groups in total. The van der Waals surface area contributed by atoms with Gasteiger partial charge in [-0.1, -0.05) is 12.1 Å². The number of fused-ring (bicyclic) bond motifs is 1. The first kappa shape index (κ1) is 18.7. The first-order valence-electron chi connectivity index (χ1n) is 8.11. The molecule has 27 heavy (non-hydrogen) atoms. The van der Waals surface area contributed by atoms with Gasteiger partial charge in [-0.05, 0) is 30.3 Å². The summed E-state index contributed by atoms with van der Waals surface area (Å²) in [6, 6.07) is 11.1. The molecule has 2 aromatic carbocycles. The molecular weight excluding hydrogens is 372 g/mol. The minimum Gasteiger partial charge on any atom is -0.495 e. The third kappa shape index (κ3) is 4.37. The maximum absolute atomic E-state index is 12.5. The Morgan fingerprint density at radius 3 is 2.81 bits per heavy atom. The van der Waals surface area contributed by atoms with Gasteiger partial charge in [-0.3, -0.25) is 9.59 Å². The molecule has 0 radical (unpaired) electrons. The minimum absolute atomic E-state index is 0.0112. The summed E-state index contributed by atoms with van der Waals surface area (Å²) in [7, 11) is -2.23. The van der Waals surface area contributed by atoms with Gasteiger partial charge < -0.3 is 20.1 Å². The Kier molecular flexibility index (Phi) is 5.31. The molecule has 0 atom stereocenters. The fraction of sp³-hybridized carbons (Fsp3) is 0.222. The van der Waals surface area contributed by atoms with Gasteiger partial charge in [0.2, 0.25) is 5.91 Å². The van der Waals surface area contributed by atoms with Crippen molar-refractivity contribution in [3.8, 4) is 11.5 Å². The Bertz CT molecular complexity index is 987. The summed E-state index contributed by atoms with van der Waals surface area (Å²) >= 11 is 0. The van der Waals surface area contributed by atoms with Gasteiger partial charge in [0.1, 0.15) is 11.5 Å². The Labute approximate surface area is 156 Å². The molecule has 1 aliphatic rings. The highest BCUT2D eigenvalue weighted by atomic mass is 32.2. The van der Waals surface area contributed by atoms with E-state index in [0.717, 1.165) is 0 Å². The van der Waals surface area contributed by atoms with Gasteiger partial charge in [-0.2, -0.15) is 0 Å². The summed E-state index contributed by atoms with van der Waals surface area (Å²) in [4.78, 5) is 23.5. The van der Waals surface area contributed by atoms with Crippen LogP contribution in [0.2, 0.25) is 0 Å². The number of rotatable bonds is 6. The van der Waals surface area contributed by atoms with Crippen LogP contribution in [0.15, 0.2) is 47.4 Å². The molecule has 2 amide bonds. The molecule has 0 spiro atoms. The lowest BCUT2D eigenvalue weighted by Gasteiger charge is -2.18. The van der Waals surface area contributed by atoms with E-state index < -0.39 is 15.7 Å². The van der Waals surface area contributed by atoms with Crippen molar-refractivity contribution in [3.63, 3.8) is 0 Å². The van der Waals surface area contributed by atoms with E-state index in [4.69, 9.17) is 9.47 Å². The lowest BCUT2D eigenvalue weighted by molar-refractivity contribution is -0.118. The zero-order valence-electron chi connectivity index (χ0n) is 14.5. The Balaban J connectivity index is 1.67. The van der Waals surface area contributed by atoms with Crippen LogP contribution in [0.1, 0.15) is 6.42 Å². The zero-order valence-corrected chi connectivity index (χ0v) is 15.3. The van der Waals surface area contributed by atoms with Crippen LogP contribution >= 0.6 is 0 Å². The van der Waals surface area contributed by atoms with Crippen LogP contribution in [-0.4, -0.2) is 39.7 Å². The highest BCUT2D eigenvalue weighted by Crippen LogP contribution is 2.30. The number of carbonyl (C=O) groups is 2. The molecule has 0 aliphatic carbocycles. The predicted octanol–water partition coefficient (Wildman–Crippen LogP) is 1.83. The van der Waals surface area contributed by atoms with Crippen LogP contribution in [0.4, 0.5) is 11.4 Å². The standard InChI is InChI=1S/C18H18N2O6S/c1-25-15-5-3-2-4-13(15)19-17(21)8-9-27(23,24)12-6-7-16-14(10-12)20-18(22)11-26-16/h2-7,10H,8-9,11H2,1H3,(H,19,21)(H,20,22). The normalized spacial score (nSPS) is 13.1. The molecule has 0 aromatic heterocycles. The fourth-order valence-corrected chi connectivity index (χ4v) is 3.82. The summed E-state index contributed by atoms with van der Waals surface area (Å²) in [5.41, 5.74) is 0.766. The molecule has 0 unspecified atom stereocenters. The van der Waals surface area contributed by atoms with Crippen molar-refractivity contribution >= 4 is 33.0 Å². The number of nitrogens with one attached hydrogen (secondary N) is 2. The second kappa shape index (κ2) is 7.67. The van der Waals surface area contributed by atoms with Gasteiger partial charge in [-0.15, -0.1) is 0 Å². The van der Waals surface area contributed by atoms with E-state index in [1.807, 2.05) is 0 Å². The number of benzene rings is 2. The van der Waals surface area contributed by atoms with Crippen LogP contribution in [-0.2, 0) is 19.4 Å². The summed E-state index contributed by atoms with van der Waals surface area (Å²) < 4.78 is 35.4. The molecule has 2 aromatic rings. The lowest BCUT2D eigenvalue weighted by atomic mass is 10.2. The van der Waals surface area contributed by atoms with Crippen LogP contribution in [0, 0.1) is 0 Å². The van der Waals surface area contributed by atoms with Crippen molar-refractivity contribution in [2.24, 2.45) is 0 Å². The zero-order chi connectivity index (χ0) is 19.4. The van der Waals surface area contributed by atoms with E-state index in [-0.39, 0.29) is 29.6 Å². The second-order valence-corrected chi connectivity index (χ2v) is 7.92. The van der Waals surface area contributed by atoms with Gasteiger partial charge >= 0.3 is 0 Å². The first-order chi connectivity index (χ1) is 12.9. The number of amides is 2. The number of ether oxygens (including phenoxy) is 2. The van der Waals surface area contributed by atoms with Crippen molar-refractivity contribution in [1.29, 1.82) is 0 Å². The number of para-hydroxylation sites is 2. The van der Waals surface area contributed by atoms with Crippen molar-refractivity contribution in [3.05, 3.63) is 42.5 Å². The topological polar surface area (TPSA) is 111 Å². The monoisotopic (exact) mass is 390 g/mol. The fourth-order valence-electron chi connectivity index (χ4n) is 2.56. The average Bonchev–Trinajstić information content (AvgIpc) is 2.66. The highest BCUT2D eigenvalue weighted by Gasteiger charge is 2.22. The Morgan fingerprint density at radius 2 is 2.04 bits per heavy atom. The van der Waals surface area contributed by atoms with Crippen LogP contribution < -0.4 is 20.1 Å². The van der Waals surface area contributed by atoms with Gasteiger partial charge in [0.05, 0.1) is 29.1 Å². The summed E-state index contributed by atoms with van der Waals surface area (Å²) in [5, 5.41) is 5.20. The number of hydrogen-bond acceptors (Lipinski definition) is 6. The number of sulfone groups is 1. The van der Waals surface area contributed by atoms with E-state index in [9.17, 15) is 18.0 Å². The largest absolute Gasteiger partial charge is 0.495 e. The molecule has 8 nitrogen and oxygen atoms in total. The second-order valence-electron chi connectivity index (χ2n) is 5.81. The Morgan fingerprint density at radius 1 is 1.26 bits per heavy atom. The van der Waals surface area contributed by atoms with Crippen LogP contribution in [0.5, 0.6) is 11.5 Å². The molecule has 0 saturated carbocycles. The van der Waals surface area contributed by atoms with E-state index >= 15 is 0 Å². The number of methoxy groups -OCH3 is 1. The van der Waals surface area contributed by atoms with Crippen LogP contribution in [0.3, 0.4) is 0 Å². The van der Waals surface area contributed by atoms with Crippen LogP contribution in [0.25, 0.3) is 0 Å². The number of anilines is 2. The van der Waals surface area contributed by atoms with Gasteiger partial charge in [0.25, 0.3) is 5.91 Å². The molecule has 1 aliphatic heterocycles. The van der Waals surface area contributed by atoms with Crippen molar-refractivity contribution < 1.29 is 27.5 Å². The maximum atomic E-state index is 12.5. The highest BCUT2D eigenvalue weighted by molar-refractivity contribution is 7.91. The molecule has 0 fully saturated rings. The van der Waals surface area contributed by atoms with Gasteiger partial charge in [-0.25, -0.2) is 8.42 Å². The maximum Gasteiger partial charge on any atom is 0.262 e.